The van der Waals surface area contributed by atoms with Crippen molar-refractivity contribution in [2.75, 3.05) is 32.8 Å². The standard InChI is InChI=1S/C12H19NO5.C2H6/c1-9(2)12(16)18-8-10(14)7-17-11(15)3-4-13-5-6-13;1-2/h10,14H,1,3-8H2,2H3;1-2H3. The van der Waals surface area contributed by atoms with Gasteiger partial charge in [-0.2, -0.15) is 0 Å². The van der Waals surface area contributed by atoms with Crippen LogP contribution in [0.4, 0.5) is 0 Å². The number of nitrogens with zero attached hydrogens (tertiary/aromatic N) is 1. The zero-order chi connectivity index (χ0) is 15.5. The minimum Gasteiger partial charge on any atom is -0.463 e. The number of ether oxygens (including phenoxy) is 2. The molecule has 1 unspecified atom stereocenters. The third kappa shape index (κ3) is 9.52. The van der Waals surface area contributed by atoms with Gasteiger partial charge in [-0.15, -0.1) is 0 Å². The van der Waals surface area contributed by atoms with Crippen LogP contribution in [0.15, 0.2) is 12.2 Å². The minimum atomic E-state index is -1.00. The predicted octanol–water partition coefficient (Wildman–Crippen LogP) is 0.742. The number of carbonyl (C=O) groups is 2. The smallest absolute Gasteiger partial charge is 0.333 e. The van der Waals surface area contributed by atoms with E-state index in [0.717, 1.165) is 13.1 Å². The summed E-state index contributed by atoms with van der Waals surface area (Å²) < 4.78 is 9.56. The molecule has 0 aliphatic carbocycles. The molecule has 0 aromatic carbocycles. The van der Waals surface area contributed by atoms with Crippen molar-refractivity contribution in [3.05, 3.63) is 12.2 Å². The fourth-order valence-electron chi connectivity index (χ4n) is 1.15. The number of hydrogen-bond donors (Lipinski definition) is 1. The molecule has 6 heteroatoms. The molecule has 6 nitrogen and oxygen atoms in total. The Kier molecular flexibility index (Phi) is 9.67. The monoisotopic (exact) mass is 287 g/mol. The molecule has 0 aromatic rings. The second-order valence-electron chi connectivity index (χ2n) is 4.31. The molecule has 0 amide bonds. The van der Waals surface area contributed by atoms with Crippen LogP contribution < -0.4 is 0 Å². The number of carbonyl (C=O) groups excluding carboxylic acids is 2. The van der Waals surface area contributed by atoms with Gasteiger partial charge in [-0.3, -0.25) is 4.79 Å². The second kappa shape index (κ2) is 10.4. The molecule has 1 heterocycles. The first-order chi connectivity index (χ1) is 9.49. The highest BCUT2D eigenvalue weighted by Gasteiger charge is 2.18. The maximum Gasteiger partial charge on any atom is 0.333 e. The molecular formula is C14H25NO5. The molecule has 0 spiro atoms. The number of aliphatic hydroxyl groups excluding tert-OH is 1. The molecule has 1 N–H and O–H groups in total. The van der Waals surface area contributed by atoms with Gasteiger partial charge in [0.1, 0.15) is 19.3 Å². The van der Waals surface area contributed by atoms with Crippen LogP contribution in [0.5, 0.6) is 0 Å². The van der Waals surface area contributed by atoms with Crippen LogP contribution in [0.1, 0.15) is 27.2 Å². The van der Waals surface area contributed by atoms with Crippen LogP contribution in [-0.2, 0) is 19.1 Å². The van der Waals surface area contributed by atoms with E-state index < -0.39 is 12.1 Å². The van der Waals surface area contributed by atoms with Crippen molar-refractivity contribution in [1.82, 2.24) is 4.90 Å². The number of esters is 2. The molecule has 1 fully saturated rings. The van der Waals surface area contributed by atoms with Gasteiger partial charge >= 0.3 is 11.9 Å². The average Bonchev–Trinajstić information content (AvgIpc) is 3.26. The summed E-state index contributed by atoms with van der Waals surface area (Å²) in [7, 11) is 0. The first-order valence-corrected chi connectivity index (χ1v) is 6.87. The van der Waals surface area contributed by atoms with Gasteiger partial charge in [0.25, 0.3) is 0 Å². The Balaban J connectivity index is 0.00000172. The van der Waals surface area contributed by atoms with Crippen LogP contribution in [0.2, 0.25) is 0 Å². The fourth-order valence-corrected chi connectivity index (χ4v) is 1.15. The molecule has 0 saturated carbocycles. The van der Waals surface area contributed by atoms with Crippen LogP contribution in [0.25, 0.3) is 0 Å². The molecule has 0 bridgehead atoms. The van der Waals surface area contributed by atoms with Gasteiger partial charge in [0.05, 0.1) is 6.42 Å². The lowest BCUT2D eigenvalue weighted by molar-refractivity contribution is -0.150. The summed E-state index contributed by atoms with van der Waals surface area (Å²) >= 11 is 0. The highest BCUT2D eigenvalue weighted by Crippen LogP contribution is 2.04. The fraction of sp³-hybridized carbons (Fsp3) is 0.714. The van der Waals surface area contributed by atoms with Gasteiger partial charge < -0.3 is 19.5 Å². The molecule has 1 aliphatic rings. The first kappa shape index (κ1) is 18.6. The van der Waals surface area contributed by atoms with E-state index in [1.807, 2.05) is 13.8 Å². The summed E-state index contributed by atoms with van der Waals surface area (Å²) in [5.74, 6) is -0.922. The lowest BCUT2D eigenvalue weighted by Crippen LogP contribution is -2.26. The highest BCUT2D eigenvalue weighted by atomic mass is 16.6. The van der Waals surface area contributed by atoms with Crippen LogP contribution in [-0.4, -0.2) is 60.9 Å². The Morgan fingerprint density at radius 3 is 2.30 bits per heavy atom. The maximum atomic E-state index is 11.2. The Bertz CT molecular complexity index is 326. The minimum absolute atomic E-state index is 0.164. The van der Waals surface area contributed by atoms with Crippen LogP contribution in [0.3, 0.4) is 0 Å². The van der Waals surface area contributed by atoms with E-state index in [1.54, 1.807) is 0 Å². The van der Waals surface area contributed by atoms with Crippen molar-refractivity contribution in [2.45, 2.75) is 33.3 Å². The number of rotatable bonds is 8. The molecule has 1 atom stereocenters. The number of hydrogen-bond acceptors (Lipinski definition) is 6. The van der Waals surface area contributed by atoms with E-state index in [2.05, 4.69) is 11.5 Å². The van der Waals surface area contributed by atoms with Gasteiger partial charge in [-0.1, -0.05) is 20.4 Å². The van der Waals surface area contributed by atoms with E-state index in [0.29, 0.717) is 13.0 Å². The molecule has 0 aromatic heterocycles. The van der Waals surface area contributed by atoms with Crippen molar-refractivity contribution in [3.8, 4) is 0 Å². The van der Waals surface area contributed by atoms with Gasteiger partial charge in [-0.25, -0.2) is 4.79 Å². The largest absolute Gasteiger partial charge is 0.463 e. The zero-order valence-electron chi connectivity index (χ0n) is 12.6. The van der Waals surface area contributed by atoms with Crippen LogP contribution in [0, 0.1) is 0 Å². The SMILES string of the molecule is C=C(C)C(=O)OCC(O)COC(=O)CCN1CC1.CC. The topological polar surface area (TPSA) is 75.8 Å². The average molecular weight is 287 g/mol. The summed E-state index contributed by atoms with van der Waals surface area (Å²) in [5.41, 5.74) is 0.262. The Hall–Kier alpha value is -1.40. The summed E-state index contributed by atoms with van der Waals surface area (Å²) in [4.78, 5) is 24.4. The summed E-state index contributed by atoms with van der Waals surface area (Å²) in [5, 5.41) is 9.42. The Morgan fingerprint density at radius 2 is 1.80 bits per heavy atom. The van der Waals surface area contributed by atoms with E-state index in [9.17, 15) is 14.7 Å². The number of aliphatic hydroxyl groups is 1. The molecule has 0 radical (unpaired) electrons. The second-order valence-corrected chi connectivity index (χ2v) is 4.31. The van der Waals surface area contributed by atoms with E-state index >= 15 is 0 Å². The van der Waals surface area contributed by atoms with Crippen molar-refractivity contribution in [1.29, 1.82) is 0 Å². The summed E-state index contributed by atoms with van der Waals surface area (Å²) in [6, 6.07) is 0. The van der Waals surface area contributed by atoms with Crippen LogP contribution >= 0.6 is 0 Å². The van der Waals surface area contributed by atoms with Gasteiger partial charge in [0, 0.05) is 25.2 Å². The third-order valence-corrected chi connectivity index (χ3v) is 2.36. The molecule has 1 rings (SSSR count). The van der Waals surface area contributed by atoms with Gasteiger partial charge in [0.15, 0.2) is 0 Å². The molecule has 116 valence electrons. The van der Waals surface area contributed by atoms with Gasteiger partial charge in [0.2, 0.25) is 0 Å². The van der Waals surface area contributed by atoms with E-state index in [-0.39, 0.29) is 24.8 Å². The van der Waals surface area contributed by atoms with Crippen molar-refractivity contribution in [2.24, 2.45) is 0 Å². The van der Waals surface area contributed by atoms with Crippen molar-refractivity contribution < 1.29 is 24.2 Å². The lowest BCUT2D eigenvalue weighted by Gasteiger charge is -2.12. The third-order valence-electron chi connectivity index (χ3n) is 2.36. The molecular weight excluding hydrogens is 262 g/mol. The summed E-state index contributed by atoms with van der Waals surface area (Å²) in [6.07, 6.45) is -0.684. The van der Waals surface area contributed by atoms with Crippen molar-refractivity contribution >= 4 is 11.9 Å². The Labute approximate surface area is 120 Å². The first-order valence-electron chi connectivity index (χ1n) is 6.87. The van der Waals surface area contributed by atoms with Crippen molar-refractivity contribution in [3.63, 3.8) is 0 Å². The maximum absolute atomic E-state index is 11.2. The molecule has 20 heavy (non-hydrogen) atoms. The Morgan fingerprint density at radius 1 is 1.25 bits per heavy atom. The normalized spacial score (nSPS) is 14.6. The van der Waals surface area contributed by atoms with Gasteiger partial charge in [-0.05, 0) is 6.92 Å². The predicted molar refractivity (Wildman–Crippen MR) is 75.1 cm³/mol. The zero-order valence-corrected chi connectivity index (χ0v) is 12.6. The lowest BCUT2D eigenvalue weighted by atomic mass is 10.3. The molecule has 1 aliphatic heterocycles. The highest BCUT2D eigenvalue weighted by molar-refractivity contribution is 5.86. The summed E-state index contributed by atoms with van der Waals surface area (Å²) in [6.45, 7) is 11.3. The van der Waals surface area contributed by atoms with E-state index in [1.165, 1.54) is 6.92 Å². The quantitative estimate of drug-likeness (QED) is 0.403. The molecule has 1 saturated heterocycles. The van der Waals surface area contributed by atoms with E-state index in [4.69, 9.17) is 9.47 Å².